The van der Waals surface area contributed by atoms with E-state index in [0.717, 1.165) is 0 Å². The van der Waals surface area contributed by atoms with Gasteiger partial charge in [0.2, 0.25) is 0 Å². The van der Waals surface area contributed by atoms with Crippen LogP contribution in [0.5, 0.6) is 5.75 Å². The lowest BCUT2D eigenvalue weighted by Crippen LogP contribution is -2.40. The number of esters is 1. The van der Waals surface area contributed by atoms with Crippen LogP contribution in [0.25, 0.3) is 0 Å². The molecule has 0 atom stereocenters. The molecule has 0 saturated carbocycles. The van der Waals surface area contributed by atoms with E-state index < -0.39 is 0 Å². The number of phenolic OH excluding ortho intramolecular Hbond substituents is 1. The maximum atomic E-state index is 12.3. The minimum atomic E-state index is -0.220. The van der Waals surface area contributed by atoms with Crippen molar-refractivity contribution in [3.05, 3.63) is 23.8 Å². The number of likely N-dealkylation sites (tertiary alicyclic amines) is 1. The lowest BCUT2D eigenvalue weighted by Gasteiger charge is -2.30. The number of nitrogens with two attached hydrogens (primary N) is 1. The van der Waals surface area contributed by atoms with E-state index in [1.807, 2.05) is 0 Å². The number of aromatic hydroxyl groups is 1. The first-order valence-corrected chi connectivity index (χ1v) is 6.48. The molecule has 1 fully saturated rings. The summed E-state index contributed by atoms with van der Waals surface area (Å²) in [5.41, 5.74) is 6.15. The van der Waals surface area contributed by atoms with E-state index in [-0.39, 0.29) is 29.2 Å². The van der Waals surface area contributed by atoms with Crippen molar-refractivity contribution in [3.8, 4) is 5.75 Å². The SMILES string of the molecule is COC(=O)C1CCN(C(=O)c2ccc(N)c(O)c2)CC1. The maximum absolute atomic E-state index is 12.3. The number of carbonyl (C=O) groups is 2. The van der Waals surface area contributed by atoms with Crippen molar-refractivity contribution in [2.45, 2.75) is 12.8 Å². The van der Waals surface area contributed by atoms with Crippen molar-refractivity contribution in [2.75, 3.05) is 25.9 Å². The Balaban J connectivity index is 2.01. The quantitative estimate of drug-likeness (QED) is 0.478. The van der Waals surface area contributed by atoms with Crippen molar-refractivity contribution in [1.29, 1.82) is 0 Å². The minimum Gasteiger partial charge on any atom is -0.506 e. The first-order chi connectivity index (χ1) is 9.52. The number of methoxy groups -OCH3 is 1. The topological polar surface area (TPSA) is 92.9 Å². The number of phenols is 1. The van der Waals surface area contributed by atoms with Crippen molar-refractivity contribution >= 4 is 17.6 Å². The summed E-state index contributed by atoms with van der Waals surface area (Å²) in [4.78, 5) is 25.4. The van der Waals surface area contributed by atoms with Crippen LogP contribution >= 0.6 is 0 Å². The molecule has 6 heteroatoms. The van der Waals surface area contributed by atoms with Crippen LogP contribution in [0.1, 0.15) is 23.2 Å². The summed E-state index contributed by atoms with van der Waals surface area (Å²) >= 11 is 0. The molecule has 3 N–H and O–H groups in total. The Hall–Kier alpha value is -2.24. The number of amides is 1. The highest BCUT2D eigenvalue weighted by molar-refractivity contribution is 5.95. The van der Waals surface area contributed by atoms with Gasteiger partial charge in [0.05, 0.1) is 18.7 Å². The number of anilines is 1. The van der Waals surface area contributed by atoms with Gasteiger partial charge in [0.1, 0.15) is 5.75 Å². The van der Waals surface area contributed by atoms with Crippen LogP contribution < -0.4 is 5.73 Å². The molecule has 2 rings (SSSR count). The third-order valence-corrected chi connectivity index (χ3v) is 3.59. The van der Waals surface area contributed by atoms with Gasteiger partial charge in [-0.1, -0.05) is 0 Å². The molecular weight excluding hydrogens is 260 g/mol. The summed E-state index contributed by atoms with van der Waals surface area (Å²) < 4.78 is 4.71. The molecule has 20 heavy (non-hydrogen) atoms. The van der Waals surface area contributed by atoms with Crippen LogP contribution in [0.15, 0.2) is 18.2 Å². The summed E-state index contributed by atoms with van der Waals surface area (Å²) in [6.45, 7) is 1.01. The lowest BCUT2D eigenvalue weighted by molar-refractivity contribution is -0.146. The molecule has 1 amide bonds. The average molecular weight is 278 g/mol. The smallest absolute Gasteiger partial charge is 0.308 e. The maximum Gasteiger partial charge on any atom is 0.308 e. The van der Waals surface area contributed by atoms with Gasteiger partial charge in [-0.15, -0.1) is 0 Å². The summed E-state index contributed by atoms with van der Waals surface area (Å²) in [7, 11) is 1.37. The highest BCUT2D eigenvalue weighted by atomic mass is 16.5. The van der Waals surface area contributed by atoms with E-state index in [1.54, 1.807) is 11.0 Å². The lowest BCUT2D eigenvalue weighted by atomic mass is 9.96. The highest BCUT2D eigenvalue weighted by Gasteiger charge is 2.28. The second-order valence-corrected chi connectivity index (χ2v) is 4.86. The molecular formula is C14H18N2O4. The molecule has 1 aliphatic rings. The van der Waals surface area contributed by atoms with E-state index in [9.17, 15) is 14.7 Å². The highest BCUT2D eigenvalue weighted by Crippen LogP contribution is 2.24. The fraction of sp³-hybridized carbons (Fsp3) is 0.429. The third kappa shape index (κ3) is 2.84. The molecule has 0 unspecified atom stereocenters. The molecule has 0 aliphatic carbocycles. The number of nitrogen functional groups attached to an aromatic ring is 1. The fourth-order valence-corrected chi connectivity index (χ4v) is 2.34. The summed E-state index contributed by atoms with van der Waals surface area (Å²) in [5.74, 6) is -0.616. The normalized spacial score (nSPS) is 15.9. The number of piperidine rings is 1. The van der Waals surface area contributed by atoms with Gasteiger partial charge < -0.3 is 20.5 Å². The summed E-state index contributed by atoms with van der Waals surface area (Å²) in [6.07, 6.45) is 1.19. The van der Waals surface area contributed by atoms with Crippen molar-refractivity contribution in [1.82, 2.24) is 4.90 Å². The Labute approximate surface area is 117 Å². The van der Waals surface area contributed by atoms with E-state index in [2.05, 4.69) is 0 Å². The number of hydrogen-bond acceptors (Lipinski definition) is 5. The Morgan fingerprint density at radius 2 is 2.00 bits per heavy atom. The van der Waals surface area contributed by atoms with Crippen molar-refractivity contribution in [3.63, 3.8) is 0 Å². The first kappa shape index (κ1) is 14.2. The third-order valence-electron chi connectivity index (χ3n) is 3.59. The molecule has 1 aliphatic heterocycles. The van der Waals surface area contributed by atoms with Crippen LogP contribution in [0, 0.1) is 5.92 Å². The largest absolute Gasteiger partial charge is 0.506 e. The fourth-order valence-electron chi connectivity index (χ4n) is 2.34. The van der Waals surface area contributed by atoms with E-state index in [0.29, 0.717) is 31.5 Å². The van der Waals surface area contributed by atoms with Gasteiger partial charge in [-0.25, -0.2) is 0 Å². The Morgan fingerprint density at radius 3 is 2.55 bits per heavy atom. The zero-order valence-corrected chi connectivity index (χ0v) is 11.3. The van der Waals surface area contributed by atoms with Gasteiger partial charge in [-0.05, 0) is 31.0 Å². The van der Waals surface area contributed by atoms with Gasteiger partial charge in [-0.3, -0.25) is 9.59 Å². The number of ether oxygens (including phenoxy) is 1. The van der Waals surface area contributed by atoms with Crippen LogP contribution in [0.3, 0.4) is 0 Å². The molecule has 1 heterocycles. The van der Waals surface area contributed by atoms with Gasteiger partial charge in [0, 0.05) is 18.7 Å². The molecule has 1 aromatic rings. The number of nitrogens with zero attached hydrogens (tertiary/aromatic N) is 1. The van der Waals surface area contributed by atoms with Gasteiger partial charge >= 0.3 is 5.97 Å². The number of rotatable bonds is 2. The van der Waals surface area contributed by atoms with Crippen LogP contribution in [-0.4, -0.2) is 42.1 Å². The zero-order chi connectivity index (χ0) is 14.7. The predicted octanol–water partition coefficient (Wildman–Crippen LogP) is 1.000. The van der Waals surface area contributed by atoms with Gasteiger partial charge in [-0.2, -0.15) is 0 Å². The van der Waals surface area contributed by atoms with Crippen LogP contribution in [-0.2, 0) is 9.53 Å². The van der Waals surface area contributed by atoms with Gasteiger partial charge in [0.15, 0.2) is 0 Å². The minimum absolute atomic E-state index is 0.0969. The molecule has 0 spiro atoms. The number of benzene rings is 1. The molecule has 6 nitrogen and oxygen atoms in total. The second-order valence-electron chi connectivity index (χ2n) is 4.86. The molecule has 1 saturated heterocycles. The number of carbonyl (C=O) groups excluding carboxylic acids is 2. The Bertz CT molecular complexity index is 522. The molecule has 0 radical (unpaired) electrons. The summed E-state index contributed by atoms with van der Waals surface area (Å²) in [5, 5.41) is 9.54. The monoisotopic (exact) mass is 278 g/mol. The molecule has 0 aromatic heterocycles. The number of hydrogen-bond donors (Lipinski definition) is 2. The van der Waals surface area contributed by atoms with Crippen molar-refractivity contribution in [2.24, 2.45) is 5.92 Å². The zero-order valence-electron chi connectivity index (χ0n) is 11.3. The second kappa shape index (κ2) is 5.81. The molecule has 1 aromatic carbocycles. The van der Waals surface area contributed by atoms with Crippen LogP contribution in [0.4, 0.5) is 5.69 Å². The standard InChI is InChI=1S/C14H18N2O4/c1-20-14(19)9-4-6-16(7-5-9)13(18)10-2-3-11(15)12(17)8-10/h2-3,8-9,17H,4-7,15H2,1H3. The average Bonchev–Trinajstić information content (AvgIpc) is 2.48. The van der Waals surface area contributed by atoms with E-state index in [4.69, 9.17) is 10.5 Å². The van der Waals surface area contributed by atoms with Crippen LogP contribution in [0.2, 0.25) is 0 Å². The predicted molar refractivity (Wildman–Crippen MR) is 73.2 cm³/mol. The Morgan fingerprint density at radius 1 is 1.35 bits per heavy atom. The molecule has 108 valence electrons. The first-order valence-electron chi connectivity index (χ1n) is 6.48. The van der Waals surface area contributed by atoms with E-state index in [1.165, 1.54) is 19.2 Å². The van der Waals surface area contributed by atoms with Crippen molar-refractivity contribution < 1.29 is 19.4 Å². The Kier molecular flexibility index (Phi) is 4.12. The summed E-state index contributed by atoms with van der Waals surface area (Å²) in [6, 6.07) is 4.46. The van der Waals surface area contributed by atoms with Gasteiger partial charge in [0.25, 0.3) is 5.91 Å². The van der Waals surface area contributed by atoms with E-state index >= 15 is 0 Å². The molecule has 0 bridgehead atoms.